The van der Waals surface area contributed by atoms with Crippen molar-refractivity contribution in [1.29, 1.82) is 0 Å². The minimum atomic E-state index is -0.544. The van der Waals surface area contributed by atoms with Gasteiger partial charge in [-0.15, -0.1) is 0 Å². The van der Waals surface area contributed by atoms with Crippen molar-refractivity contribution >= 4 is 28.3 Å². The number of rotatable bonds is 5. The monoisotopic (exact) mass is 451 g/mol. The number of esters is 1. The number of nitrogens with zero attached hydrogens (tertiary/aromatic N) is 2. The highest BCUT2D eigenvalue weighted by molar-refractivity contribution is 5.89. The number of hydrogen-bond donors (Lipinski definition) is 1. The lowest BCUT2D eigenvalue weighted by atomic mass is 10.0. The number of halogens is 1. The highest BCUT2D eigenvalue weighted by Gasteiger charge is 2.21. The zero-order valence-corrected chi connectivity index (χ0v) is 18.7. The Balaban J connectivity index is 1.35. The van der Waals surface area contributed by atoms with Crippen LogP contribution in [-0.2, 0) is 16.0 Å². The summed E-state index contributed by atoms with van der Waals surface area (Å²) in [5.41, 5.74) is 2.47. The molecule has 0 unspecified atom stereocenters. The molecular formula is C25H26FN3O4. The number of nitrogens with one attached hydrogen (secondary N) is 1. The number of amides is 1. The van der Waals surface area contributed by atoms with E-state index in [9.17, 15) is 18.8 Å². The van der Waals surface area contributed by atoms with Crippen molar-refractivity contribution in [3.63, 3.8) is 0 Å². The number of carbonyl (C=O) groups excluding carboxylic acids is 2. The topological polar surface area (TPSA) is 82.7 Å². The van der Waals surface area contributed by atoms with Gasteiger partial charge < -0.3 is 19.5 Å². The molecule has 1 N–H and O–H groups in total. The third-order valence-electron chi connectivity index (χ3n) is 6.13. The van der Waals surface area contributed by atoms with Crippen LogP contribution in [0.3, 0.4) is 0 Å². The van der Waals surface area contributed by atoms with E-state index in [0.29, 0.717) is 49.2 Å². The normalized spacial score (nSPS) is 13.9. The first-order chi connectivity index (χ1) is 15.9. The summed E-state index contributed by atoms with van der Waals surface area (Å²) < 4.78 is 18.8. The van der Waals surface area contributed by atoms with Crippen LogP contribution in [0.2, 0.25) is 0 Å². The highest BCUT2D eigenvalue weighted by Crippen LogP contribution is 2.20. The maximum atomic E-state index is 14.0. The van der Waals surface area contributed by atoms with Gasteiger partial charge in [0.25, 0.3) is 5.56 Å². The lowest BCUT2D eigenvalue weighted by molar-refractivity contribution is -0.131. The Morgan fingerprint density at radius 1 is 1.06 bits per heavy atom. The Morgan fingerprint density at radius 3 is 2.42 bits per heavy atom. The Hall–Kier alpha value is -3.68. The predicted molar refractivity (Wildman–Crippen MR) is 124 cm³/mol. The number of fused-ring (bicyclic) bond motifs is 1. The number of aromatic amines is 1. The summed E-state index contributed by atoms with van der Waals surface area (Å²) >= 11 is 0. The van der Waals surface area contributed by atoms with Crippen LogP contribution in [0, 0.1) is 12.7 Å². The molecule has 0 aliphatic carbocycles. The average Bonchev–Trinajstić information content (AvgIpc) is 2.84. The minimum absolute atomic E-state index is 0.0209. The van der Waals surface area contributed by atoms with E-state index >= 15 is 0 Å². The molecule has 2 aromatic carbocycles. The van der Waals surface area contributed by atoms with E-state index in [4.69, 9.17) is 4.74 Å². The van der Waals surface area contributed by atoms with Crippen molar-refractivity contribution in [2.75, 3.05) is 38.2 Å². The molecule has 172 valence electrons. The smallest absolute Gasteiger partial charge is 0.337 e. The van der Waals surface area contributed by atoms with E-state index in [2.05, 4.69) is 9.88 Å². The Labute approximate surface area is 190 Å². The number of aromatic nitrogens is 1. The van der Waals surface area contributed by atoms with E-state index in [0.717, 1.165) is 11.3 Å². The molecule has 0 saturated carbocycles. The Kier molecular flexibility index (Phi) is 6.44. The van der Waals surface area contributed by atoms with E-state index in [-0.39, 0.29) is 23.7 Å². The number of carbonyl (C=O) groups is 2. The molecule has 7 nitrogen and oxygen atoms in total. The lowest BCUT2D eigenvalue weighted by Gasteiger charge is -2.36. The SMILES string of the molecule is COC(=O)c1ccc(N2CCN(C(=O)CCc3cc4c(C)ccc(F)c4c(=O)[nH]3)CC2)cc1. The van der Waals surface area contributed by atoms with Crippen LogP contribution in [0.1, 0.15) is 28.0 Å². The third-order valence-corrected chi connectivity index (χ3v) is 6.13. The van der Waals surface area contributed by atoms with Crippen LogP contribution in [0.25, 0.3) is 10.8 Å². The fourth-order valence-corrected chi connectivity index (χ4v) is 4.21. The van der Waals surface area contributed by atoms with Crippen LogP contribution < -0.4 is 10.5 Å². The molecule has 0 spiro atoms. The number of methoxy groups -OCH3 is 1. The van der Waals surface area contributed by atoms with Crippen molar-refractivity contribution in [1.82, 2.24) is 9.88 Å². The van der Waals surface area contributed by atoms with E-state index < -0.39 is 11.4 Å². The first-order valence-corrected chi connectivity index (χ1v) is 10.9. The average molecular weight is 451 g/mol. The van der Waals surface area contributed by atoms with E-state index in [1.807, 2.05) is 24.0 Å². The summed E-state index contributed by atoms with van der Waals surface area (Å²) in [4.78, 5) is 43.4. The maximum Gasteiger partial charge on any atom is 0.337 e. The van der Waals surface area contributed by atoms with Gasteiger partial charge in [-0.05, 0) is 60.7 Å². The molecule has 3 aromatic rings. The molecule has 1 amide bonds. The van der Waals surface area contributed by atoms with Gasteiger partial charge in [-0.25, -0.2) is 9.18 Å². The summed E-state index contributed by atoms with van der Waals surface area (Å²) in [6, 6.07) is 11.9. The molecule has 1 aliphatic heterocycles. The fraction of sp³-hybridized carbons (Fsp3) is 0.320. The second-order valence-corrected chi connectivity index (χ2v) is 8.18. The number of anilines is 1. The summed E-state index contributed by atoms with van der Waals surface area (Å²) in [7, 11) is 1.35. The van der Waals surface area contributed by atoms with Crippen LogP contribution >= 0.6 is 0 Å². The van der Waals surface area contributed by atoms with E-state index in [1.165, 1.54) is 13.2 Å². The van der Waals surface area contributed by atoms with Gasteiger partial charge in [-0.1, -0.05) is 6.07 Å². The molecular weight excluding hydrogens is 425 g/mol. The molecule has 0 radical (unpaired) electrons. The van der Waals surface area contributed by atoms with Crippen LogP contribution in [0.15, 0.2) is 47.3 Å². The van der Waals surface area contributed by atoms with Gasteiger partial charge in [0.1, 0.15) is 5.82 Å². The Morgan fingerprint density at radius 2 is 1.76 bits per heavy atom. The van der Waals surface area contributed by atoms with Gasteiger partial charge in [0.05, 0.1) is 18.1 Å². The summed E-state index contributed by atoms with van der Waals surface area (Å²) in [5, 5.41) is 0.633. The van der Waals surface area contributed by atoms with Crippen molar-refractivity contribution < 1.29 is 18.7 Å². The minimum Gasteiger partial charge on any atom is -0.465 e. The molecule has 1 aromatic heterocycles. The number of pyridine rings is 1. The summed E-state index contributed by atoms with van der Waals surface area (Å²) in [6.07, 6.45) is 0.652. The van der Waals surface area contributed by atoms with Gasteiger partial charge in [-0.2, -0.15) is 0 Å². The number of aryl methyl sites for hydroxylation is 2. The largest absolute Gasteiger partial charge is 0.465 e. The summed E-state index contributed by atoms with van der Waals surface area (Å²) in [6.45, 7) is 4.40. The number of piperazine rings is 1. The first-order valence-electron chi connectivity index (χ1n) is 10.9. The zero-order valence-electron chi connectivity index (χ0n) is 18.7. The van der Waals surface area contributed by atoms with Gasteiger partial charge >= 0.3 is 5.97 Å². The first kappa shape index (κ1) is 22.5. The molecule has 8 heteroatoms. The fourth-order valence-electron chi connectivity index (χ4n) is 4.21. The molecule has 0 bridgehead atoms. The van der Waals surface area contributed by atoms with Gasteiger partial charge in [-0.3, -0.25) is 9.59 Å². The molecule has 33 heavy (non-hydrogen) atoms. The standard InChI is InChI=1S/C25H26FN3O4/c1-16-3-9-21(26)23-20(16)15-18(27-24(23)31)6-10-22(30)29-13-11-28(12-14-29)19-7-4-17(5-8-19)25(32)33-2/h3-5,7-9,15H,6,10-14H2,1-2H3,(H,27,31). The third kappa shape index (κ3) is 4.74. The quantitative estimate of drug-likeness (QED) is 0.603. The second kappa shape index (κ2) is 9.44. The number of ether oxygens (including phenoxy) is 1. The van der Waals surface area contributed by atoms with Crippen LogP contribution in [0.5, 0.6) is 0 Å². The molecule has 0 atom stereocenters. The van der Waals surface area contributed by atoms with Crippen molar-refractivity contribution in [2.45, 2.75) is 19.8 Å². The van der Waals surface area contributed by atoms with Gasteiger partial charge in [0.15, 0.2) is 0 Å². The van der Waals surface area contributed by atoms with Crippen molar-refractivity contribution in [2.24, 2.45) is 0 Å². The second-order valence-electron chi connectivity index (χ2n) is 8.18. The van der Waals surface area contributed by atoms with Gasteiger partial charge in [0.2, 0.25) is 5.91 Å². The maximum absolute atomic E-state index is 14.0. The number of H-pyrrole nitrogens is 1. The molecule has 1 saturated heterocycles. The van der Waals surface area contributed by atoms with E-state index in [1.54, 1.807) is 24.3 Å². The highest BCUT2D eigenvalue weighted by atomic mass is 19.1. The number of hydrogen-bond acceptors (Lipinski definition) is 5. The van der Waals surface area contributed by atoms with Crippen LogP contribution in [0.4, 0.5) is 10.1 Å². The number of benzene rings is 2. The molecule has 1 aliphatic rings. The van der Waals surface area contributed by atoms with Gasteiger partial charge in [0, 0.05) is 44.0 Å². The predicted octanol–water partition coefficient (Wildman–Crippen LogP) is 3.04. The van der Waals surface area contributed by atoms with Crippen molar-refractivity contribution in [3.05, 3.63) is 75.5 Å². The zero-order chi connectivity index (χ0) is 23.5. The molecule has 2 heterocycles. The Bertz CT molecular complexity index is 1240. The lowest BCUT2D eigenvalue weighted by Crippen LogP contribution is -2.48. The summed E-state index contributed by atoms with van der Waals surface area (Å²) in [5.74, 6) is -0.894. The molecule has 4 rings (SSSR count). The van der Waals surface area contributed by atoms with Crippen molar-refractivity contribution in [3.8, 4) is 0 Å². The van der Waals surface area contributed by atoms with Crippen LogP contribution in [-0.4, -0.2) is 55.0 Å². The molecule has 1 fully saturated rings.